The van der Waals surface area contributed by atoms with Gasteiger partial charge in [0.05, 0.1) is 6.61 Å². The number of oxime groups is 1. The fourth-order valence-electron chi connectivity index (χ4n) is 1.15. The maximum atomic E-state index is 8.36. The summed E-state index contributed by atoms with van der Waals surface area (Å²) in [4.78, 5) is 0. The van der Waals surface area contributed by atoms with E-state index in [-0.39, 0.29) is 11.9 Å². The lowest BCUT2D eigenvalue weighted by Gasteiger charge is -2.12. The first-order valence-electron chi connectivity index (χ1n) is 5.48. The number of rotatable bonds is 9. The molecule has 0 heterocycles. The lowest BCUT2D eigenvalue weighted by atomic mass is 10.2. The van der Waals surface area contributed by atoms with Crippen LogP contribution < -0.4 is 11.1 Å². The van der Waals surface area contributed by atoms with Gasteiger partial charge in [-0.15, -0.1) is 0 Å². The van der Waals surface area contributed by atoms with Gasteiger partial charge in [-0.3, -0.25) is 0 Å². The normalized spacial score (nSPS) is 14.1. The van der Waals surface area contributed by atoms with Crippen molar-refractivity contribution < 1.29 is 9.94 Å². The summed E-state index contributed by atoms with van der Waals surface area (Å²) in [5.41, 5.74) is 5.37. The van der Waals surface area contributed by atoms with Crippen LogP contribution in [0.15, 0.2) is 5.16 Å². The SMILES string of the molecule is CCCCOCCNC(C)CC(N)=NO. The minimum absolute atomic E-state index is 0.204. The molecule has 0 saturated heterocycles. The zero-order valence-corrected chi connectivity index (χ0v) is 9.70. The van der Waals surface area contributed by atoms with Crippen molar-refractivity contribution in [2.45, 2.75) is 39.2 Å². The van der Waals surface area contributed by atoms with Crippen LogP contribution in [0, 0.1) is 0 Å². The summed E-state index contributed by atoms with van der Waals surface area (Å²) in [7, 11) is 0. The Morgan fingerprint density at radius 1 is 1.53 bits per heavy atom. The van der Waals surface area contributed by atoms with E-state index in [1.54, 1.807) is 0 Å². The summed E-state index contributed by atoms with van der Waals surface area (Å²) in [6.07, 6.45) is 2.82. The minimum Gasteiger partial charge on any atom is -0.409 e. The maximum absolute atomic E-state index is 8.36. The summed E-state index contributed by atoms with van der Waals surface area (Å²) in [5, 5.41) is 14.5. The first kappa shape index (κ1) is 14.2. The molecule has 1 unspecified atom stereocenters. The predicted octanol–water partition coefficient (Wildman–Crippen LogP) is 0.918. The van der Waals surface area contributed by atoms with Crippen LogP contribution in [-0.2, 0) is 4.74 Å². The Hall–Kier alpha value is -0.810. The van der Waals surface area contributed by atoms with Crippen LogP contribution in [0.1, 0.15) is 33.1 Å². The van der Waals surface area contributed by atoms with Crippen molar-refractivity contribution in [3.8, 4) is 0 Å². The van der Waals surface area contributed by atoms with Gasteiger partial charge >= 0.3 is 0 Å². The minimum atomic E-state index is 0.204. The van der Waals surface area contributed by atoms with Crippen molar-refractivity contribution in [3.63, 3.8) is 0 Å². The van der Waals surface area contributed by atoms with Crippen molar-refractivity contribution in [2.75, 3.05) is 19.8 Å². The number of ether oxygens (including phenoxy) is 1. The first-order chi connectivity index (χ1) is 7.20. The van der Waals surface area contributed by atoms with E-state index in [2.05, 4.69) is 17.4 Å². The molecular formula is C10H23N3O2. The molecule has 0 aromatic carbocycles. The van der Waals surface area contributed by atoms with Crippen LogP contribution in [0.25, 0.3) is 0 Å². The standard InChI is InChI=1S/C10H23N3O2/c1-3-4-6-15-7-5-12-9(2)8-10(11)13-14/h9,12,14H,3-8H2,1-2H3,(H2,11,13). The second-order valence-corrected chi connectivity index (χ2v) is 3.62. The number of unbranched alkanes of at least 4 members (excludes halogenated alkanes) is 1. The zero-order chi connectivity index (χ0) is 11.5. The van der Waals surface area contributed by atoms with Crippen LogP contribution in [0.3, 0.4) is 0 Å². The molecule has 0 rings (SSSR count). The van der Waals surface area contributed by atoms with Crippen LogP contribution in [0.5, 0.6) is 0 Å². The third-order valence-corrected chi connectivity index (χ3v) is 2.03. The monoisotopic (exact) mass is 217 g/mol. The molecule has 15 heavy (non-hydrogen) atoms. The molecule has 0 radical (unpaired) electrons. The van der Waals surface area contributed by atoms with Gasteiger partial charge in [-0.25, -0.2) is 0 Å². The Labute approximate surface area is 91.7 Å². The molecule has 0 bridgehead atoms. The molecular weight excluding hydrogens is 194 g/mol. The van der Waals surface area contributed by atoms with Crippen molar-refractivity contribution in [1.29, 1.82) is 0 Å². The van der Waals surface area contributed by atoms with E-state index in [9.17, 15) is 0 Å². The van der Waals surface area contributed by atoms with E-state index in [4.69, 9.17) is 15.7 Å². The van der Waals surface area contributed by atoms with Crippen molar-refractivity contribution in [1.82, 2.24) is 5.32 Å². The Balaban J connectivity index is 3.27. The molecule has 1 atom stereocenters. The number of amidine groups is 1. The summed E-state index contributed by atoms with van der Waals surface area (Å²) >= 11 is 0. The maximum Gasteiger partial charge on any atom is 0.140 e. The predicted molar refractivity (Wildman–Crippen MR) is 61.2 cm³/mol. The van der Waals surface area contributed by atoms with E-state index in [0.717, 1.165) is 26.0 Å². The van der Waals surface area contributed by atoms with E-state index >= 15 is 0 Å². The smallest absolute Gasteiger partial charge is 0.140 e. The number of hydrogen-bond donors (Lipinski definition) is 3. The van der Waals surface area contributed by atoms with E-state index in [0.29, 0.717) is 13.0 Å². The van der Waals surface area contributed by atoms with Gasteiger partial charge in [-0.2, -0.15) is 0 Å². The Morgan fingerprint density at radius 2 is 2.27 bits per heavy atom. The second-order valence-electron chi connectivity index (χ2n) is 3.62. The van der Waals surface area contributed by atoms with Gasteiger partial charge in [0.1, 0.15) is 5.84 Å². The van der Waals surface area contributed by atoms with Gasteiger partial charge in [0.15, 0.2) is 0 Å². The topological polar surface area (TPSA) is 79.9 Å². The van der Waals surface area contributed by atoms with Gasteiger partial charge < -0.3 is 21.0 Å². The molecule has 0 aliphatic carbocycles. The van der Waals surface area contributed by atoms with Gasteiger partial charge in [0, 0.05) is 25.6 Å². The Kier molecular flexibility index (Phi) is 9.21. The molecule has 0 aliphatic heterocycles. The second kappa shape index (κ2) is 9.73. The average Bonchev–Trinajstić information content (AvgIpc) is 2.23. The molecule has 0 fully saturated rings. The summed E-state index contributed by atoms with van der Waals surface area (Å²) < 4.78 is 5.38. The van der Waals surface area contributed by atoms with Crippen molar-refractivity contribution in [2.24, 2.45) is 10.9 Å². The fraction of sp³-hybridized carbons (Fsp3) is 0.900. The van der Waals surface area contributed by atoms with Crippen molar-refractivity contribution >= 4 is 5.84 Å². The molecule has 5 nitrogen and oxygen atoms in total. The molecule has 90 valence electrons. The van der Waals surface area contributed by atoms with Gasteiger partial charge in [-0.1, -0.05) is 18.5 Å². The third kappa shape index (κ3) is 9.49. The van der Waals surface area contributed by atoms with Crippen LogP contribution in [-0.4, -0.2) is 36.8 Å². The highest BCUT2D eigenvalue weighted by Gasteiger charge is 2.03. The van der Waals surface area contributed by atoms with E-state index in [1.807, 2.05) is 6.92 Å². The van der Waals surface area contributed by atoms with E-state index < -0.39 is 0 Å². The number of nitrogens with one attached hydrogen (secondary N) is 1. The quantitative estimate of drug-likeness (QED) is 0.176. The Bertz CT molecular complexity index is 174. The van der Waals surface area contributed by atoms with Crippen molar-refractivity contribution in [3.05, 3.63) is 0 Å². The molecule has 0 aliphatic rings. The van der Waals surface area contributed by atoms with Crippen LogP contribution in [0.4, 0.5) is 0 Å². The van der Waals surface area contributed by atoms with Gasteiger partial charge in [0.2, 0.25) is 0 Å². The van der Waals surface area contributed by atoms with E-state index in [1.165, 1.54) is 0 Å². The average molecular weight is 217 g/mol. The molecule has 0 saturated carbocycles. The van der Waals surface area contributed by atoms with Crippen LogP contribution in [0.2, 0.25) is 0 Å². The fourth-order valence-corrected chi connectivity index (χ4v) is 1.15. The lowest BCUT2D eigenvalue weighted by molar-refractivity contribution is 0.131. The highest BCUT2D eigenvalue weighted by atomic mass is 16.5. The summed E-state index contributed by atoms with van der Waals surface area (Å²) in [6, 6.07) is 0.204. The zero-order valence-electron chi connectivity index (χ0n) is 9.70. The highest BCUT2D eigenvalue weighted by Crippen LogP contribution is 1.90. The molecule has 0 aromatic rings. The molecule has 4 N–H and O–H groups in total. The van der Waals surface area contributed by atoms with Crippen LogP contribution >= 0.6 is 0 Å². The number of nitrogens with zero attached hydrogens (tertiary/aromatic N) is 1. The Morgan fingerprint density at radius 3 is 2.87 bits per heavy atom. The molecule has 5 heteroatoms. The third-order valence-electron chi connectivity index (χ3n) is 2.03. The summed E-state index contributed by atoms with van der Waals surface area (Å²) in [5.74, 6) is 0.252. The molecule has 0 spiro atoms. The largest absolute Gasteiger partial charge is 0.409 e. The first-order valence-corrected chi connectivity index (χ1v) is 5.48. The highest BCUT2D eigenvalue weighted by molar-refractivity contribution is 5.80. The summed E-state index contributed by atoms with van der Waals surface area (Å²) in [6.45, 7) is 6.46. The van der Waals surface area contributed by atoms with Gasteiger partial charge in [0.25, 0.3) is 0 Å². The number of hydrogen-bond acceptors (Lipinski definition) is 4. The number of nitrogens with two attached hydrogens (primary N) is 1. The van der Waals surface area contributed by atoms with Gasteiger partial charge in [-0.05, 0) is 13.3 Å². The molecule has 0 aromatic heterocycles. The lowest BCUT2D eigenvalue weighted by Crippen LogP contribution is -2.33. The molecule has 0 amide bonds.